The third-order valence-corrected chi connectivity index (χ3v) is 3.78. The van der Waals surface area contributed by atoms with Gasteiger partial charge in [-0.2, -0.15) is 5.10 Å². The number of nitrogens with zero attached hydrogens (tertiary/aromatic N) is 3. The molecule has 0 aromatic carbocycles. The van der Waals surface area contributed by atoms with Gasteiger partial charge in [0.25, 0.3) is 0 Å². The summed E-state index contributed by atoms with van der Waals surface area (Å²) in [4.78, 5) is 14.5. The lowest BCUT2D eigenvalue weighted by molar-refractivity contribution is 0.0887. The zero-order valence-electron chi connectivity index (χ0n) is 11.8. The minimum Gasteiger partial charge on any atom is -0.308 e. The van der Waals surface area contributed by atoms with Gasteiger partial charge in [-0.25, -0.2) is 0 Å². The summed E-state index contributed by atoms with van der Waals surface area (Å²) in [6, 6.07) is 0. The van der Waals surface area contributed by atoms with Crippen molar-refractivity contribution in [1.29, 1.82) is 0 Å². The number of hydrogen-bond acceptors (Lipinski definition) is 3. The van der Waals surface area contributed by atoms with Crippen LogP contribution in [0.15, 0.2) is 10.7 Å². The van der Waals surface area contributed by atoms with Gasteiger partial charge in [-0.3, -0.25) is 9.48 Å². The Bertz CT molecular complexity index is 412. The van der Waals surface area contributed by atoms with E-state index in [0.29, 0.717) is 11.6 Å². The first-order valence-corrected chi connectivity index (χ1v) is 7.04. The molecule has 1 unspecified atom stereocenters. The maximum absolute atomic E-state index is 12.4. The Morgan fingerprint density at radius 3 is 2.56 bits per heavy atom. The number of carbonyl (C=O) groups is 1. The molecule has 0 aliphatic rings. The molecule has 1 atom stereocenters. The van der Waals surface area contributed by atoms with Crippen LogP contribution in [0.2, 0.25) is 0 Å². The number of halogens is 1. The number of Topliss-reactive ketones (excluding diaryl/α,β-unsaturated/α-hetero) is 1. The van der Waals surface area contributed by atoms with Crippen LogP contribution in [0.3, 0.4) is 0 Å². The van der Waals surface area contributed by atoms with Crippen LogP contribution >= 0.6 is 15.9 Å². The van der Waals surface area contributed by atoms with E-state index >= 15 is 0 Å². The third-order valence-electron chi connectivity index (χ3n) is 3.20. The molecule has 5 heteroatoms. The topological polar surface area (TPSA) is 38.1 Å². The fourth-order valence-corrected chi connectivity index (χ4v) is 2.08. The first kappa shape index (κ1) is 15.4. The van der Waals surface area contributed by atoms with Crippen LogP contribution in [0.4, 0.5) is 0 Å². The normalized spacial score (nSPS) is 13.3. The fraction of sp³-hybridized carbons (Fsp3) is 0.692. The largest absolute Gasteiger partial charge is 0.308 e. The number of likely N-dealkylation sites (N-methyl/N-ethyl adjacent to an activating group) is 1. The van der Waals surface area contributed by atoms with Crippen LogP contribution in [0, 0.1) is 11.8 Å². The molecule has 18 heavy (non-hydrogen) atoms. The molecule has 0 aliphatic heterocycles. The van der Waals surface area contributed by atoms with E-state index in [1.165, 1.54) is 0 Å². The molecular weight excluding hydrogens is 294 g/mol. The first-order valence-electron chi connectivity index (χ1n) is 6.24. The Kier molecular flexibility index (Phi) is 5.53. The first-order chi connectivity index (χ1) is 8.34. The lowest BCUT2D eigenvalue weighted by atomic mass is 9.92. The molecule has 1 aromatic rings. The van der Waals surface area contributed by atoms with Gasteiger partial charge >= 0.3 is 0 Å². The molecule has 0 saturated carbocycles. The highest BCUT2D eigenvalue weighted by Gasteiger charge is 2.24. The van der Waals surface area contributed by atoms with Crippen LogP contribution in [-0.4, -0.2) is 41.1 Å². The van der Waals surface area contributed by atoms with Crippen molar-refractivity contribution < 1.29 is 4.79 Å². The number of aromatic nitrogens is 2. The summed E-state index contributed by atoms with van der Waals surface area (Å²) in [6.07, 6.45) is 1.70. The lowest BCUT2D eigenvalue weighted by Gasteiger charge is -2.16. The lowest BCUT2D eigenvalue weighted by Crippen LogP contribution is -2.25. The predicted molar refractivity (Wildman–Crippen MR) is 76.8 cm³/mol. The molecule has 0 aliphatic carbocycles. The third kappa shape index (κ3) is 3.65. The minimum atomic E-state index is 0.0103. The van der Waals surface area contributed by atoms with Gasteiger partial charge < -0.3 is 4.90 Å². The maximum Gasteiger partial charge on any atom is 0.185 e. The van der Waals surface area contributed by atoms with E-state index < -0.39 is 0 Å². The Morgan fingerprint density at radius 2 is 2.06 bits per heavy atom. The average molecular weight is 316 g/mol. The number of ketones is 1. The van der Waals surface area contributed by atoms with E-state index in [2.05, 4.69) is 39.8 Å². The molecule has 0 amide bonds. The molecule has 1 heterocycles. The summed E-state index contributed by atoms with van der Waals surface area (Å²) in [5, 5.41) is 4.27. The predicted octanol–water partition coefficient (Wildman–Crippen LogP) is 2.68. The second-order valence-corrected chi connectivity index (χ2v) is 6.12. The van der Waals surface area contributed by atoms with Gasteiger partial charge in [0.15, 0.2) is 5.78 Å². The van der Waals surface area contributed by atoms with Gasteiger partial charge in [0.1, 0.15) is 5.69 Å². The van der Waals surface area contributed by atoms with Crippen molar-refractivity contribution in [1.82, 2.24) is 14.7 Å². The van der Waals surface area contributed by atoms with E-state index in [1.54, 1.807) is 10.9 Å². The van der Waals surface area contributed by atoms with Gasteiger partial charge in [0.2, 0.25) is 0 Å². The van der Waals surface area contributed by atoms with Crippen LogP contribution < -0.4 is 0 Å². The van der Waals surface area contributed by atoms with Crippen molar-refractivity contribution >= 4 is 21.7 Å². The Labute approximate surface area is 117 Å². The Balaban J connectivity index is 2.93. The Morgan fingerprint density at radius 1 is 1.44 bits per heavy atom. The van der Waals surface area contributed by atoms with Crippen LogP contribution in [0.5, 0.6) is 0 Å². The molecular formula is C13H22BrN3O. The summed E-state index contributed by atoms with van der Waals surface area (Å²) < 4.78 is 2.59. The molecule has 0 saturated heterocycles. The molecule has 1 aromatic heterocycles. The van der Waals surface area contributed by atoms with E-state index in [1.807, 2.05) is 21.0 Å². The van der Waals surface area contributed by atoms with Crippen molar-refractivity contribution in [2.75, 3.05) is 20.6 Å². The smallest absolute Gasteiger partial charge is 0.185 e. The van der Waals surface area contributed by atoms with Gasteiger partial charge in [-0.05, 0) is 35.9 Å². The van der Waals surface area contributed by atoms with Crippen LogP contribution in [0.25, 0.3) is 0 Å². The van der Waals surface area contributed by atoms with Crippen molar-refractivity contribution in [2.24, 2.45) is 11.8 Å². The van der Waals surface area contributed by atoms with Gasteiger partial charge in [0.05, 0.1) is 17.2 Å². The van der Waals surface area contributed by atoms with E-state index in [-0.39, 0.29) is 11.7 Å². The molecule has 0 bridgehead atoms. The van der Waals surface area contributed by atoms with E-state index in [0.717, 1.165) is 17.6 Å². The summed E-state index contributed by atoms with van der Waals surface area (Å²) >= 11 is 3.42. The number of rotatable bonds is 6. The highest BCUT2D eigenvalue weighted by atomic mass is 79.9. The van der Waals surface area contributed by atoms with E-state index in [9.17, 15) is 4.79 Å². The van der Waals surface area contributed by atoms with Crippen molar-refractivity contribution in [3.05, 3.63) is 16.4 Å². The molecule has 102 valence electrons. The van der Waals surface area contributed by atoms with Crippen molar-refractivity contribution in [3.63, 3.8) is 0 Å². The molecule has 0 fully saturated rings. The Hall–Kier alpha value is -0.680. The average Bonchev–Trinajstić information content (AvgIpc) is 2.65. The minimum absolute atomic E-state index is 0.0103. The van der Waals surface area contributed by atoms with Gasteiger partial charge in [0, 0.05) is 12.5 Å². The second kappa shape index (κ2) is 6.48. The summed E-state index contributed by atoms with van der Waals surface area (Å²) in [7, 11) is 4.02. The van der Waals surface area contributed by atoms with Crippen molar-refractivity contribution in [3.8, 4) is 0 Å². The van der Waals surface area contributed by atoms with Gasteiger partial charge in [-0.15, -0.1) is 0 Å². The monoisotopic (exact) mass is 315 g/mol. The van der Waals surface area contributed by atoms with E-state index in [4.69, 9.17) is 0 Å². The van der Waals surface area contributed by atoms with Crippen molar-refractivity contribution in [2.45, 2.75) is 27.3 Å². The fourth-order valence-electron chi connectivity index (χ4n) is 1.59. The highest BCUT2D eigenvalue weighted by molar-refractivity contribution is 9.10. The number of carbonyl (C=O) groups excluding carboxylic acids is 1. The summed E-state index contributed by atoms with van der Waals surface area (Å²) in [5.41, 5.74) is 0.693. The summed E-state index contributed by atoms with van der Waals surface area (Å²) in [5.74, 6) is 0.505. The molecule has 1 rings (SSSR count). The molecule has 0 N–H and O–H groups in total. The molecule has 0 radical (unpaired) electrons. The summed E-state index contributed by atoms with van der Waals surface area (Å²) in [6.45, 7) is 7.70. The second-order valence-electron chi connectivity index (χ2n) is 5.26. The van der Waals surface area contributed by atoms with Crippen LogP contribution in [-0.2, 0) is 6.54 Å². The van der Waals surface area contributed by atoms with Gasteiger partial charge in [-0.1, -0.05) is 20.8 Å². The molecule has 4 nitrogen and oxygen atoms in total. The number of hydrogen-bond donors (Lipinski definition) is 0. The zero-order valence-corrected chi connectivity index (χ0v) is 13.4. The standard InChI is InChI=1S/C13H22BrN3O/c1-9(2)10(3)13(18)12-11(14)8-15-17(12)7-6-16(4)5/h8-10H,6-7H2,1-5H3. The van der Waals surface area contributed by atoms with Crippen LogP contribution in [0.1, 0.15) is 31.3 Å². The zero-order chi connectivity index (χ0) is 13.9. The molecule has 0 spiro atoms. The quantitative estimate of drug-likeness (QED) is 0.757. The maximum atomic E-state index is 12.4. The highest BCUT2D eigenvalue weighted by Crippen LogP contribution is 2.23. The SMILES string of the molecule is CC(C)C(C)C(=O)c1c(Br)cnn1CCN(C)C.